The second-order valence-electron chi connectivity index (χ2n) is 5.76. The van der Waals surface area contributed by atoms with E-state index in [-0.39, 0.29) is 13.2 Å². The highest BCUT2D eigenvalue weighted by Crippen LogP contribution is 2.18. The van der Waals surface area contributed by atoms with Gasteiger partial charge >= 0.3 is 6.09 Å². The number of alkyl carbamates (subject to hydrolysis) is 1. The molecular weight excluding hydrogens is 303 g/mol. The Hall–Kier alpha value is -2.15. The number of hydrogen-bond acceptors (Lipinski definition) is 5. The van der Waals surface area contributed by atoms with Crippen LogP contribution >= 0.6 is 0 Å². The SMILES string of the molecule is CC(C)(C)OC(=O)NC=NCC(O)c1ccc(OCCF)cc1. The molecule has 128 valence electrons. The van der Waals surface area contributed by atoms with Crippen molar-refractivity contribution >= 4 is 12.4 Å². The number of aliphatic hydroxyl groups excluding tert-OH is 1. The van der Waals surface area contributed by atoms with Crippen LogP contribution in [0.1, 0.15) is 32.4 Å². The summed E-state index contributed by atoms with van der Waals surface area (Å²) in [7, 11) is 0. The van der Waals surface area contributed by atoms with E-state index in [0.29, 0.717) is 11.3 Å². The third-order valence-corrected chi connectivity index (χ3v) is 2.56. The number of nitrogens with one attached hydrogen (secondary N) is 1. The Labute approximate surface area is 135 Å². The predicted molar refractivity (Wildman–Crippen MR) is 85.6 cm³/mol. The van der Waals surface area contributed by atoms with Crippen molar-refractivity contribution in [3.8, 4) is 5.75 Å². The molecule has 23 heavy (non-hydrogen) atoms. The Morgan fingerprint density at radius 1 is 1.39 bits per heavy atom. The highest BCUT2D eigenvalue weighted by atomic mass is 19.1. The average molecular weight is 326 g/mol. The van der Waals surface area contributed by atoms with E-state index in [1.807, 2.05) is 0 Å². The molecular formula is C16H23FN2O4. The Kier molecular flexibility index (Phi) is 7.47. The van der Waals surface area contributed by atoms with Crippen LogP contribution in [0.4, 0.5) is 9.18 Å². The van der Waals surface area contributed by atoms with E-state index >= 15 is 0 Å². The van der Waals surface area contributed by atoms with Crippen molar-refractivity contribution < 1.29 is 23.8 Å². The van der Waals surface area contributed by atoms with E-state index in [2.05, 4.69) is 10.3 Å². The number of hydrogen-bond donors (Lipinski definition) is 2. The van der Waals surface area contributed by atoms with Crippen molar-refractivity contribution in [3.63, 3.8) is 0 Å². The summed E-state index contributed by atoms with van der Waals surface area (Å²) in [4.78, 5) is 15.3. The van der Waals surface area contributed by atoms with Crippen LogP contribution in [0.3, 0.4) is 0 Å². The van der Waals surface area contributed by atoms with Crippen molar-refractivity contribution in [2.45, 2.75) is 32.5 Å². The van der Waals surface area contributed by atoms with Crippen molar-refractivity contribution in [1.82, 2.24) is 5.32 Å². The molecule has 0 radical (unpaired) electrons. The summed E-state index contributed by atoms with van der Waals surface area (Å²) in [5.41, 5.74) is 0.0654. The predicted octanol–water partition coefficient (Wildman–Crippen LogP) is 2.62. The number of aliphatic hydroxyl groups is 1. The summed E-state index contributed by atoms with van der Waals surface area (Å²) in [6.07, 6.45) is -0.234. The van der Waals surface area contributed by atoms with Gasteiger partial charge in [-0.15, -0.1) is 0 Å². The zero-order chi connectivity index (χ0) is 17.3. The smallest absolute Gasteiger partial charge is 0.412 e. The molecule has 0 aliphatic carbocycles. The number of ether oxygens (including phenoxy) is 2. The van der Waals surface area contributed by atoms with Crippen LogP contribution in [0.25, 0.3) is 0 Å². The molecule has 0 heterocycles. The van der Waals surface area contributed by atoms with Crippen LogP contribution in [-0.4, -0.2) is 43.0 Å². The molecule has 1 amide bonds. The lowest BCUT2D eigenvalue weighted by Gasteiger charge is -2.18. The van der Waals surface area contributed by atoms with Crippen LogP contribution in [-0.2, 0) is 4.74 Å². The van der Waals surface area contributed by atoms with Crippen molar-refractivity contribution in [2.24, 2.45) is 4.99 Å². The number of nitrogens with zero attached hydrogens (tertiary/aromatic N) is 1. The molecule has 0 aliphatic heterocycles. The zero-order valence-electron chi connectivity index (χ0n) is 13.6. The van der Waals surface area contributed by atoms with Gasteiger partial charge in [0.25, 0.3) is 0 Å². The summed E-state index contributed by atoms with van der Waals surface area (Å²) < 4.78 is 22.1. The third kappa shape index (κ3) is 8.15. The van der Waals surface area contributed by atoms with E-state index in [1.165, 1.54) is 6.34 Å². The topological polar surface area (TPSA) is 80.2 Å². The van der Waals surface area contributed by atoms with Crippen molar-refractivity contribution in [2.75, 3.05) is 19.8 Å². The molecule has 1 atom stereocenters. The van der Waals surface area contributed by atoms with Gasteiger partial charge in [-0.2, -0.15) is 0 Å². The largest absolute Gasteiger partial charge is 0.491 e. The Morgan fingerprint density at radius 2 is 2.04 bits per heavy atom. The minimum absolute atomic E-state index is 0.00251. The third-order valence-electron chi connectivity index (χ3n) is 2.56. The van der Waals surface area contributed by atoms with Gasteiger partial charge in [-0.25, -0.2) is 9.18 Å². The quantitative estimate of drug-likeness (QED) is 0.596. The van der Waals surface area contributed by atoms with Crippen LogP contribution in [0.2, 0.25) is 0 Å². The van der Waals surface area contributed by atoms with Gasteiger partial charge in [-0.3, -0.25) is 10.3 Å². The monoisotopic (exact) mass is 326 g/mol. The molecule has 0 spiro atoms. The summed E-state index contributed by atoms with van der Waals surface area (Å²) in [5, 5.41) is 12.3. The maximum atomic E-state index is 12.0. The molecule has 0 saturated carbocycles. The number of carbonyl (C=O) groups excluding carboxylic acids is 1. The van der Waals surface area contributed by atoms with Crippen LogP contribution < -0.4 is 10.1 Å². The van der Waals surface area contributed by atoms with Gasteiger partial charge in [0.05, 0.1) is 19.0 Å². The number of benzene rings is 1. The van der Waals surface area contributed by atoms with E-state index in [1.54, 1.807) is 45.0 Å². The van der Waals surface area contributed by atoms with E-state index < -0.39 is 24.5 Å². The Balaban J connectivity index is 2.39. The van der Waals surface area contributed by atoms with Crippen molar-refractivity contribution in [1.29, 1.82) is 0 Å². The molecule has 0 saturated heterocycles. The fourth-order valence-corrected chi connectivity index (χ4v) is 1.61. The number of rotatable bonds is 7. The summed E-state index contributed by atoms with van der Waals surface area (Å²) in [6.45, 7) is 4.81. The van der Waals surface area contributed by atoms with Gasteiger partial charge in [0.15, 0.2) is 0 Å². The minimum Gasteiger partial charge on any atom is -0.491 e. The minimum atomic E-state index is -0.818. The molecule has 1 aromatic rings. The molecule has 2 N–H and O–H groups in total. The molecule has 1 aromatic carbocycles. The lowest BCUT2D eigenvalue weighted by molar-refractivity contribution is 0.0565. The van der Waals surface area contributed by atoms with Crippen LogP contribution in [0.15, 0.2) is 29.3 Å². The second-order valence-corrected chi connectivity index (χ2v) is 5.76. The van der Waals surface area contributed by atoms with Crippen molar-refractivity contribution in [3.05, 3.63) is 29.8 Å². The molecule has 1 unspecified atom stereocenters. The first-order chi connectivity index (χ1) is 10.8. The number of carbonyl (C=O) groups is 1. The molecule has 1 rings (SSSR count). The lowest BCUT2D eigenvalue weighted by Crippen LogP contribution is -2.31. The first-order valence-electron chi connectivity index (χ1n) is 7.26. The van der Waals surface area contributed by atoms with Gasteiger partial charge in [-0.05, 0) is 38.5 Å². The van der Waals surface area contributed by atoms with Gasteiger partial charge in [0.1, 0.15) is 24.6 Å². The highest BCUT2D eigenvalue weighted by molar-refractivity contribution is 5.82. The number of aliphatic imine (C=N–C) groups is 1. The van der Waals surface area contributed by atoms with E-state index in [9.17, 15) is 14.3 Å². The summed E-state index contributed by atoms with van der Waals surface area (Å²) in [5.74, 6) is 0.536. The number of alkyl halides is 1. The fourth-order valence-electron chi connectivity index (χ4n) is 1.61. The molecule has 0 fully saturated rings. The normalized spacial score (nSPS) is 12.9. The Bertz CT molecular complexity index is 512. The highest BCUT2D eigenvalue weighted by Gasteiger charge is 2.15. The second kappa shape index (κ2) is 9.09. The summed E-state index contributed by atoms with van der Waals surface area (Å²) >= 11 is 0. The first kappa shape index (κ1) is 18.9. The van der Waals surface area contributed by atoms with Crippen LogP contribution in [0.5, 0.6) is 5.75 Å². The number of halogens is 1. The van der Waals surface area contributed by atoms with Gasteiger partial charge in [-0.1, -0.05) is 12.1 Å². The fraction of sp³-hybridized carbons (Fsp3) is 0.500. The van der Waals surface area contributed by atoms with Gasteiger partial charge in [0, 0.05) is 0 Å². The molecule has 0 aromatic heterocycles. The standard InChI is InChI=1S/C16H23FN2O4/c1-16(2,3)23-15(21)19-11-18-10-14(20)12-4-6-13(7-5-12)22-9-8-17/h4-7,11,14,20H,8-10H2,1-3H3,(H,18,19,21). The van der Waals surface area contributed by atoms with Gasteiger partial charge in [0.2, 0.25) is 0 Å². The van der Waals surface area contributed by atoms with E-state index in [0.717, 1.165) is 0 Å². The molecule has 7 heteroatoms. The summed E-state index contributed by atoms with van der Waals surface area (Å²) in [6, 6.07) is 6.65. The molecule has 0 aliphatic rings. The van der Waals surface area contributed by atoms with Crippen LogP contribution in [0, 0.1) is 0 Å². The molecule has 6 nitrogen and oxygen atoms in total. The lowest BCUT2D eigenvalue weighted by atomic mass is 10.1. The maximum absolute atomic E-state index is 12.0. The van der Waals surface area contributed by atoms with Gasteiger partial charge < -0.3 is 14.6 Å². The average Bonchev–Trinajstić information content (AvgIpc) is 2.48. The Morgan fingerprint density at radius 3 is 2.61 bits per heavy atom. The van der Waals surface area contributed by atoms with E-state index in [4.69, 9.17) is 9.47 Å². The first-order valence-corrected chi connectivity index (χ1v) is 7.26. The molecule has 0 bridgehead atoms. The zero-order valence-corrected chi connectivity index (χ0v) is 13.6. The number of amides is 1. The maximum Gasteiger partial charge on any atom is 0.412 e.